The highest BCUT2D eigenvalue weighted by atomic mass is 16.5. The molecule has 0 aromatic heterocycles. The van der Waals surface area contributed by atoms with E-state index in [1.807, 2.05) is 26.0 Å². The third-order valence-electron chi connectivity index (χ3n) is 2.56. The predicted octanol–water partition coefficient (Wildman–Crippen LogP) is 1.87. The normalized spacial score (nSPS) is 12.2. The summed E-state index contributed by atoms with van der Waals surface area (Å²) in [6.07, 6.45) is 1.07. The van der Waals surface area contributed by atoms with Crippen LogP contribution in [0, 0.1) is 13.8 Å². The van der Waals surface area contributed by atoms with Crippen molar-refractivity contribution >= 4 is 5.97 Å². The molecule has 1 unspecified atom stereocenters. The Morgan fingerprint density at radius 2 is 2.18 bits per heavy atom. The third kappa shape index (κ3) is 4.44. The standard InChI is InChI=1S/C13H19NO3/c1-9-5-6-12(10(2)8-9)17-7-3-4-11(14)13(15)16/h5-6,8,11H,3-4,7,14H2,1-2H3,(H,15,16). The van der Waals surface area contributed by atoms with Gasteiger partial charge in [0, 0.05) is 0 Å². The van der Waals surface area contributed by atoms with Gasteiger partial charge in [-0.3, -0.25) is 4.79 Å². The Bertz CT molecular complexity index is 390. The van der Waals surface area contributed by atoms with E-state index in [1.54, 1.807) is 0 Å². The van der Waals surface area contributed by atoms with Gasteiger partial charge in [0.1, 0.15) is 11.8 Å². The molecule has 94 valence electrons. The van der Waals surface area contributed by atoms with Gasteiger partial charge in [0.15, 0.2) is 0 Å². The quantitative estimate of drug-likeness (QED) is 0.741. The number of carboxylic acid groups (broad SMARTS) is 1. The molecule has 0 radical (unpaired) electrons. The zero-order valence-electron chi connectivity index (χ0n) is 10.3. The second-order valence-electron chi connectivity index (χ2n) is 4.20. The number of carbonyl (C=O) groups is 1. The Morgan fingerprint density at radius 1 is 1.47 bits per heavy atom. The summed E-state index contributed by atoms with van der Waals surface area (Å²) in [7, 11) is 0. The van der Waals surface area contributed by atoms with Crippen LogP contribution in [0.3, 0.4) is 0 Å². The molecule has 1 atom stereocenters. The summed E-state index contributed by atoms with van der Waals surface area (Å²) in [5.74, 6) is -0.115. The molecular formula is C13H19NO3. The molecular weight excluding hydrogens is 218 g/mol. The lowest BCUT2D eigenvalue weighted by Crippen LogP contribution is -2.30. The highest BCUT2D eigenvalue weighted by Gasteiger charge is 2.10. The van der Waals surface area contributed by atoms with Crippen LogP contribution < -0.4 is 10.5 Å². The van der Waals surface area contributed by atoms with Crippen LogP contribution >= 0.6 is 0 Å². The van der Waals surface area contributed by atoms with Crippen molar-refractivity contribution in [1.82, 2.24) is 0 Å². The maximum Gasteiger partial charge on any atom is 0.320 e. The fraction of sp³-hybridized carbons (Fsp3) is 0.462. The number of carboxylic acids is 1. The van der Waals surface area contributed by atoms with Crippen LogP contribution in [-0.4, -0.2) is 23.7 Å². The first-order valence-electron chi connectivity index (χ1n) is 5.69. The maximum atomic E-state index is 10.5. The van der Waals surface area contributed by atoms with Crippen LogP contribution in [-0.2, 0) is 4.79 Å². The van der Waals surface area contributed by atoms with Crippen LogP contribution in [0.2, 0.25) is 0 Å². The van der Waals surface area contributed by atoms with E-state index >= 15 is 0 Å². The molecule has 3 N–H and O–H groups in total. The second kappa shape index (κ2) is 6.25. The topological polar surface area (TPSA) is 72.5 Å². The zero-order valence-corrected chi connectivity index (χ0v) is 10.3. The molecule has 0 spiro atoms. The van der Waals surface area contributed by atoms with E-state index in [0.29, 0.717) is 19.4 Å². The van der Waals surface area contributed by atoms with Gasteiger partial charge < -0.3 is 15.6 Å². The molecule has 1 aromatic rings. The van der Waals surface area contributed by atoms with Crippen molar-refractivity contribution in [2.24, 2.45) is 5.73 Å². The van der Waals surface area contributed by atoms with Crippen molar-refractivity contribution in [2.75, 3.05) is 6.61 Å². The number of nitrogens with two attached hydrogens (primary N) is 1. The van der Waals surface area contributed by atoms with Crippen molar-refractivity contribution in [2.45, 2.75) is 32.7 Å². The maximum absolute atomic E-state index is 10.5. The lowest BCUT2D eigenvalue weighted by molar-refractivity contribution is -0.138. The number of hydrogen-bond donors (Lipinski definition) is 2. The van der Waals surface area contributed by atoms with E-state index in [4.69, 9.17) is 15.6 Å². The van der Waals surface area contributed by atoms with Crippen molar-refractivity contribution in [3.05, 3.63) is 29.3 Å². The molecule has 4 heteroatoms. The third-order valence-corrected chi connectivity index (χ3v) is 2.56. The number of hydrogen-bond acceptors (Lipinski definition) is 3. The van der Waals surface area contributed by atoms with E-state index in [1.165, 1.54) is 5.56 Å². The van der Waals surface area contributed by atoms with Crippen molar-refractivity contribution in [1.29, 1.82) is 0 Å². The molecule has 0 fully saturated rings. The first kappa shape index (κ1) is 13.5. The predicted molar refractivity (Wildman–Crippen MR) is 66.3 cm³/mol. The minimum Gasteiger partial charge on any atom is -0.493 e. The van der Waals surface area contributed by atoms with Gasteiger partial charge in [0.05, 0.1) is 6.61 Å². The first-order chi connectivity index (χ1) is 8.00. The van der Waals surface area contributed by atoms with Gasteiger partial charge in [-0.1, -0.05) is 17.7 Å². The summed E-state index contributed by atoms with van der Waals surface area (Å²) in [5.41, 5.74) is 7.68. The molecule has 17 heavy (non-hydrogen) atoms. The number of aliphatic carboxylic acids is 1. The van der Waals surface area contributed by atoms with Gasteiger partial charge in [-0.25, -0.2) is 0 Å². The van der Waals surface area contributed by atoms with Crippen LogP contribution in [0.5, 0.6) is 5.75 Å². The zero-order chi connectivity index (χ0) is 12.8. The van der Waals surface area contributed by atoms with Gasteiger partial charge in [-0.05, 0) is 38.3 Å². The van der Waals surface area contributed by atoms with E-state index in [9.17, 15) is 4.79 Å². The summed E-state index contributed by atoms with van der Waals surface area (Å²) < 4.78 is 5.57. The number of ether oxygens (including phenoxy) is 1. The van der Waals surface area contributed by atoms with E-state index in [-0.39, 0.29) is 0 Å². The fourth-order valence-electron chi connectivity index (χ4n) is 1.57. The number of rotatable bonds is 6. The number of aryl methyl sites for hydroxylation is 2. The van der Waals surface area contributed by atoms with Crippen LogP contribution in [0.25, 0.3) is 0 Å². The van der Waals surface area contributed by atoms with E-state index in [2.05, 4.69) is 6.07 Å². The molecule has 0 aliphatic heterocycles. The minimum atomic E-state index is -0.962. The molecule has 0 aliphatic carbocycles. The summed E-state index contributed by atoms with van der Waals surface area (Å²) >= 11 is 0. The largest absolute Gasteiger partial charge is 0.493 e. The highest BCUT2D eigenvalue weighted by molar-refractivity contribution is 5.72. The molecule has 0 saturated carbocycles. The highest BCUT2D eigenvalue weighted by Crippen LogP contribution is 2.18. The molecule has 0 bridgehead atoms. The molecule has 4 nitrogen and oxygen atoms in total. The molecule has 0 amide bonds. The Hall–Kier alpha value is -1.55. The summed E-state index contributed by atoms with van der Waals surface area (Å²) in [5, 5.41) is 8.61. The Balaban J connectivity index is 2.34. The van der Waals surface area contributed by atoms with Crippen molar-refractivity contribution in [3.63, 3.8) is 0 Å². The fourth-order valence-corrected chi connectivity index (χ4v) is 1.57. The molecule has 0 aliphatic rings. The van der Waals surface area contributed by atoms with Gasteiger partial charge in [0.25, 0.3) is 0 Å². The lowest BCUT2D eigenvalue weighted by Gasteiger charge is -2.10. The van der Waals surface area contributed by atoms with Crippen LogP contribution in [0.1, 0.15) is 24.0 Å². The average Bonchev–Trinajstić information content (AvgIpc) is 2.26. The molecule has 1 aromatic carbocycles. The van der Waals surface area contributed by atoms with Gasteiger partial charge in [0.2, 0.25) is 0 Å². The Kier molecular flexibility index (Phi) is 4.97. The minimum absolute atomic E-state index is 0.431. The second-order valence-corrected chi connectivity index (χ2v) is 4.20. The Morgan fingerprint density at radius 3 is 2.76 bits per heavy atom. The van der Waals surface area contributed by atoms with Gasteiger partial charge >= 0.3 is 5.97 Å². The van der Waals surface area contributed by atoms with Crippen molar-refractivity contribution < 1.29 is 14.6 Å². The average molecular weight is 237 g/mol. The van der Waals surface area contributed by atoms with Gasteiger partial charge in [-0.2, -0.15) is 0 Å². The lowest BCUT2D eigenvalue weighted by atomic mass is 10.1. The van der Waals surface area contributed by atoms with Gasteiger partial charge in [-0.15, -0.1) is 0 Å². The summed E-state index contributed by atoms with van der Waals surface area (Å²) in [4.78, 5) is 10.5. The Labute approximate surface area is 101 Å². The smallest absolute Gasteiger partial charge is 0.320 e. The monoisotopic (exact) mass is 237 g/mol. The number of benzene rings is 1. The summed E-state index contributed by atoms with van der Waals surface area (Å²) in [6, 6.07) is 5.18. The molecule has 1 rings (SSSR count). The molecule has 0 heterocycles. The van der Waals surface area contributed by atoms with Crippen LogP contribution in [0.4, 0.5) is 0 Å². The summed E-state index contributed by atoms with van der Waals surface area (Å²) in [6.45, 7) is 4.51. The van der Waals surface area contributed by atoms with E-state index < -0.39 is 12.0 Å². The van der Waals surface area contributed by atoms with E-state index in [0.717, 1.165) is 11.3 Å². The first-order valence-corrected chi connectivity index (χ1v) is 5.69. The van der Waals surface area contributed by atoms with Crippen LogP contribution in [0.15, 0.2) is 18.2 Å². The molecule has 0 saturated heterocycles. The van der Waals surface area contributed by atoms with Crippen molar-refractivity contribution in [3.8, 4) is 5.75 Å². The SMILES string of the molecule is Cc1ccc(OCCCC(N)C(=O)O)c(C)c1.